The minimum atomic E-state index is -0.655. The van der Waals surface area contributed by atoms with Gasteiger partial charge >= 0.3 is 5.97 Å². The van der Waals surface area contributed by atoms with Gasteiger partial charge < -0.3 is 9.84 Å². The lowest BCUT2D eigenvalue weighted by Gasteiger charge is -2.37. The topological polar surface area (TPSA) is 46.5 Å². The summed E-state index contributed by atoms with van der Waals surface area (Å²) < 4.78 is 19.9. The third-order valence-corrected chi connectivity index (χ3v) is 5.80. The summed E-state index contributed by atoms with van der Waals surface area (Å²) in [4.78, 5) is 11.1. The number of hydrogen-bond donors (Lipinski definition) is 1. The maximum Gasteiger partial charge on any atom is 0.307 e. The van der Waals surface area contributed by atoms with Crippen molar-refractivity contribution in [3.05, 3.63) is 53.8 Å². The van der Waals surface area contributed by atoms with E-state index in [1.54, 1.807) is 12.1 Å². The Labute approximate surface area is 180 Å². The lowest BCUT2D eigenvalue weighted by Crippen LogP contribution is -2.27. The van der Waals surface area contributed by atoms with Crippen molar-refractivity contribution in [3.63, 3.8) is 0 Å². The summed E-state index contributed by atoms with van der Waals surface area (Å²) in [5.74, 6) is 0.0241. The van der Waals surface area contributed by atoms with Crippen molar-refractivity contribution in [2.75, 3.05) is 0 Å². The van der Waals surface area contributed by atoms with Gasteiger partial charge in [-0.3, -0.25) is 4.79 Å². The molecular formula is C26H35FO3. The number of ether oxygens (including phenoxy) is 1. The summed E-state index contributed by atoms with van der Waals surface area (Å²) in [6.45, 7) is 11.9. The number of benzene rings is 2. The van der Waals surface area contributed by atoms with Gasteiger partial charge in [-0.2, -0.15) is 0 Å². The number of carboxylic acid groups (broad SMARTS) is 1. The van der Waals surface area contributed by atoms with Crippen LogP contribution in [0, 0.1) is 17.2 Å². The van der Waals surface area contributed by atoms with Crippen molar-refractivity contribution < 1.29 is 19.0 Å². The minimum Gasteiger partial charge on any atom is -0.491 e. The monoisotopic (exact) mass is 414 g/mol. The largest absolute Gasteiger partial charge is 0.491 e. The molecule has 2 aromatic rings. The van der Waals surface area contributed by atoms with Gasteiger partial charge in [0.05, 0.1) is 12.0 Å². The second-order valence-corrected chi connectivity index (χ2v) is 7.99. The summed E-state index contributed by atoms with van der Waals surface area (Å²) in [5.41, 5.74) is 2.63. The first-order valence-corrected chi connectivity index (χ1v) is 11.2. The van der Waals surface area contributed by atoms with Crippen LogP contribution in [0.4, 0.5) is 4.39 Å². The molecule has 0 amide bonds. The number of hydrogen-bond acceptors (Lipinski definition) is 2. The Hall–Kier alpha value is -2.36. The van der Waals surface area contributed by atoms with Crippen LogP contribution < -0.4 is 4.74 Å². The van der Waals surface area contributed by atoms with Gasteiger partial charge in [0.1, 0.15) is 11.6 Å². The minimum absolute atomic E-state index is 0.0404. The van der Waals surface area contributed by atoms with Crippen molar-refractivity contribution in [2.24, 2.45) is 11.3 Å². The fourth-order valence-electron chi connectivity index (χ4n) is 4.31. The van der Waals surface area contributed by atoms with Gasteiger partial charge in [0, 0.05) is 5.56 Å². The van der Waals surface area contributed by atoms with E-state index in [4.69, 9.17) is 9.84 Å². The maximum absolute atomic E-state index is 14.2. The van der Waals surface area contributed by atoms with Gasteiger partial charge in [-0.15, -0.1) is 0 Å². The van der Waals surface area contributed by atoms with Crippen LogP contribution in [-0.4, -0.2) is 17.2 Å². The molecule has 1 unspecified atom stereocenters. The zero-order valence-electron chi connectivity index (χ0n) is 19.0. The Balaban J connectivity index is 0.000000757. The van der Waals surface area contributed by atoms with Gasteiger partial charge in [0.15, 0.2) is 0 Å². The van der Waals surface area contributed by atoms with Gasteiger partial charge in [0.2, 0.25) is 0 Å². The smallest absolute Gasteiger partial charge is 0.307 e. The summed E-state index contributed by atoms with van der Waals surface area (Å²) in [6, 6.07) is 12.8. The van der Waals surface area contributed by atoms with Crippen LogP contribution in [0.1, 0.15) is 72.3 Å². The van der Waals surface area contributed by atoms with Crippen LogP contribution in [-0.2, 0) is 4.79 Å². The van der Waals surface area contributed by atoms with Crippen LogP contribution in [0.25, 0.3) is 11.1 Å². The molecule has 2 aromatic carbocycles. The van der Waals surface area contributed by atoms with Crippen LogP contribution in [0.15, 0.2) is 42.5 Å². The highest BCUT2D eigenvalue weighted by Crippen LogP contribution is 2.70. The Morgan fingerprint density at radius 3 is 2.13 bits per heavy atom. The highest BCUT2D eigenvalue weighted by molar-refractivity contribution is 5.75. The van der Waals surface area contributed by atoms with Crippen LogP contribution in [0.5, 0.6) is 5.75 Å². The third-order valence-electron chi connectivity index (χ3n) is 5.80. The van der Waals surface area contributed by atoms with Crippen molar-refractivity contribution in [3.8, 4) is 16.9 Å². The average molecular weight is 415 g/mol. The summed E-state index contributed by atoms with van der Waals surface area (Å²) in [5, 5.41) is 9.13. The molecule has 2 saturated carbocycles. The van der Waals surface area contributed by atoms with Gasteiger partial charge in [-0.1, -0.05) is 52.0 Å². The molecule has 0 bridgehead atoms. The molecule has 0 radical (unpaired) electrons. The number of carboxylic acids is 1. The second-order valence-electron chi connectivity index (χ2n) is 7.99. The molecule has 2 aliphatic carbocycles. The van der Waals surface area contributed by atoms with E-state index in [1.165, 1.54) is 11.6 Å². The van der Waals surface area contributed by atoms with Crippen molar-refractivity contribution in [1.82, 2.24) is 0 Å². The molecule has 3 nitrogen and oxygen atoms in total. The predicted octanol–water partition coefficient (Wildman–Crippen LogP) is 7.30. The number of aliphatic carboxylic acids is 1. The Morgan fingerprint density at radius 1 is 1.03 bits per heavy atom. The zero-order chi connectivity index (χ0) is 22.5. The van der Waals surface area contributed by atoms with Gasteiger partial charge in [-0.25, -0.2) is 4.39 Å². The van der Waals surface area contributed by atoms with Gasteiger partial charge in [-0.05, 0) is 73.8 Å². The summed E-state index contributed by atoms with van der Waals surface area (Å²) in [6.07, 6.45) is 2.77. The first kappa shape index (κ1) is 23.9. The predicted molar refractivity (Wildman–Crippen MR) is 120 cm³/mol. The fourth-order valence-corrected chi connectivity index (χ4v) is 4.31. The summed E-state index contributed by atoms with van der Waals surface area (Å²) in [7, 11) is 0. The quantitative estimate of drug-likeness (QED) is 0.558. The molecule has 0 heterocycles. The van der Waals surface area contributed by atoms with E-state index in [-0.39, 0.29) is 23.3 Å². The number of rotatable bonds is 5. The molecule has 1 N–H and O–H groups in total. The SMILES string of the molecule is CC.CC.CC(C)Oc1ccc(F)c(-c2ccc(C3CC4(C3)CC4C(=O)O)cc2)c1. The molecule has 2 fully saturated rings. The van der Waals surface area contributed by atoms with Crippen LogP contribution in [0.3, 0.4) is 0 Å². The highest BCUT2D eigenvalue weighted by atomic mass is 19.1. The standard InChI is InChI=1S/C22H23FO3.2C2H6/c1-13(2)26-17-7-8-20(23)18(9-17)15-5-3-14(4-6-15)16-10-22(11-16)12-19(22)21(24)25;2*1-2/h3-9,13,16,19H,10-12H2,1-2H3,(H,24,25);2*1-2H3. The molecular weight excluding hydrogens is 379 g/mol. The van der Waals surface area contributed by atoms with E-state index in [2.05, 4.69) is 0 Å². The number of halogens is 1. The fraction of sp³-hybridized carbons (Fsp3) is 0.500. The molecule has 4 rings (SSSR count). The molecule has 0 aromatic heterocycles. The first-order chi connectivity index (χ1) is 14.4. The second kappa shape index (κ2) is 10.1. The van der Waals surface area contributed by atoms with E-state index in [0.29, 0.717) is 17.2 Å². The molecule has 4 heteroatoms. The van der Waals surface area contributed by atoms with Crippen molar-refractivity contribution >= 4 is 5.97 Å². The van der Waals surface area contributed by atoms with E-state index in [0.717, 1.165) is 24.8 Å². The average Bonchev–Trinajstić information content (AvgIpc) is 3.48. The molecule has 0 aliphatic heterocycles. The molecule has 1 atom stereocenters. The Morgan fingerprint density at radius 2 is 1.63 bits per heavy atom. The van der Waals surface area contributed by atoms with E-state index >= 15 is 0 Å². The summed E-state index contributed by atoms with van der Waals surface area (Å²) >= 11 is 0. The molecule has 164 valence electrons. The normalized spacial score (nSPS) is 23.5. The van der Waals surface area contributed by atoms with Crippen LogP contribution >= 0.6 is 0 Å². The zero-order valence-corrected chi connectivity index (χ0v) is 19.0. The lowest BCUT2D eigenvalue weighted by atomic mass is 9.67. The first-order valence-electron chi connectivity index (χ1n) is 11.2. The van der Waals surface area contributed by atoms with E-state index in [9.17, 15) is 9.18 Å². The lowest BCUT2D eigenvalue weighted by molar-refractivity contribution is -0.140. The maximum atomic E-state index is 14.2. The van der Waals surface area contributed by atoms with E-state index < -0.39 is 5.97 Å². The molecule has 1 spiro atoms. The highest BCUT2D eigenvalue weighted by Gasteiger charge is 2.64. The number of carbonyl (C=O) groups is 1. The van der Waals surface area contributed by atoms with E-state index in [1.807, 2.05) is 65.8 Å². The Bertz CT molecular complexity index is 836. The van der Waals surface area contributed by atoms with Gasteiger partial charge in [0.25, 0.3) is 0 Å². The third kappa shape index (κ3) is 5.03. The van der Waals surface area contributed by atoms with Crippen molar-refractivity contribution in [2.45, 2.75) is 72.8 Å². The Kier molecular flexibility index (Phi) is 8.05. The molecule has 30 heavy (non-hydrogen) atoms. The molecule has 0 saturated heterocycles. The molecule has 2 aliphatic rings. The van der Waals surface area contributed by atoms with Crippen LogP contribution in [0.2, 0.25) is 0 Å². The van der Waals surface area contributed by atoms with Crippen molar-refractivity contribution in [1.29, 1.82) is 0 Å².